The number of amidine groups is 1. The van der Waals surface area contributed by atoms with E-state index in [0.29, 0.717) is 55.3 Å². The number of hydrogen-bond acceptors (Lipinski definition) is 5. The van der Waals surface area contributed by atoms with E-state index in [1.165, 1.54) is 6.26 Å². The molecule has 1 aliphatic heterocycles. The molecule has 0 atom stereocenters. The number of nitrogens with zero attached hydrogens (tertiary/aromatic N) is 1. The second-order valence-corrected chi connectivity index (χ2v) is 8.49. The summed E-state index contributed by atoms with van der Waals surface area (Å²) >= 11 is 0. The van der Waals surface area contributed by atoms with Gasteiger partial charge in [0.05, 0.1) is 17.4 Å². The van der Waals surface area contributed by atoms with E-state index >= 15 is 0 Å². The lowest BCUT2D eigenvalue weighted by atomic mass is 9.96. The van der Waals surface area contributed by atoms with Crippen molar-refractivity contribution in [3.8, 4) is 0 Å². The summed E-state index contributed by atoms with van der Waals surface area (Å²) in [4.78, 5) is 14.1. The van der Waals surface area contributed by atoms with Gasteiger partial charge in [-0.25, -0.2) is 8.42 Å². The fourth-order valence-electron chi connectivity index (χ4n) is 3.10. The van der Waals surface area contributed by atoms with Gasteiger partial charge in [0, 0.05) is 25.8 Å². The summed E-state index contributed by atoms with van der Waals surface area (Å²) in [6, 6.07) is 5.31. The molecular formula is C18H26N2O4S. The minimum atomic E-state index is -3.27. The molecule has 2 rings (SSSR count). The van der Waals surface area contributed by atoms with Crippen molar-refractivity contribution in [3.05, 3.63) is 29.3 Å². The summed E-state index contributed by atoms with van der Waals surface area (Å²) in [5.41, 5.74) is 1.52. The van der Waals surface area contributed by atoms with E-state index in [9.17, 15) is 13.2 Å². The molecule has 0 saturated carbocycles. The standard InChI is InChI=1S/C18H26N2O4S/c1-4-24-18(21)15-7-9-20(10-8-15)17(19)12-14-6-5-13(2)16(11-14)25(3,22)23/h5-6,11,15,19H,4,7-10,12H2,1-3H3. The molecule has 1 saturated heterocycles. The van der Waals surface area contributed by atoms with Crippen LogP contribution in [0.1, 0.15) is 30.9 Å². The van der Waals surface area contributed by atoms with Crippen LogP contribution >= 0.6 is 0 Å². The minimum Gasteiger partial charge on any atom is -0.466 e. The van der Waals surface area contributed by atoms with E-state index in [0.717, 1.165) is 5.56 Å². The number of nitrogens with one attached hydrogen (secondary N) is 1. The van der Waals surface area contributed by atoms with E-state index in [1.807, 2.05) is 11.0 Å². The van der Waals surface area contributed by atoms with Gasteiger partial charge >= 0.3 is 5.97 Å². The number of esters is 1. The van der Waals surface area contributed by atoms with Gasteiger partial charge in [0.2, 0.25) is 0 Å². The Morgan fingerprint density at radius 1 is 1.32 bits per heavy atom. The predicted molar refractivity (Wildman–Crippen MR) is 96.6 cm³/mol. The third-order valence-corrected chi connectivity index (χ3v) is 5.76. The molecular weight excluding hydrogens is 340 g/mol. The van der Waals surface area contributed by atoms with Crippen LogP contribution in [0.2, 0.25) is 0 Å². The maximum absolute atomic E-state index is 11.8. The smallest absolute Gasteiger partial charge is 0.309 e. The highest BCUT2D eigenvalue weighted by Gasteiger charge is 2.27. The maximum Gasteiger partial charge on any atom is 0.309 e. The second-order valence-electron chi connectivity index (χ2n) is 6.51. The van der Waals surface area contributed by atoms with Crippen molar-refractivity contribution in [1.82, 2.24) is 4.90 Å². The first-order valence-electron chi connectivity index (χ1n) is 8.51. The van der Waals surface area contributed by atoms with Gasteiger partial charge < -0.3 is 9.64 Å². The quantitative estimate of drug-likeness (QED) is 0.490. The molecule has 0 aromatic heterocycles. The van der Waals surface area contributed by atoms with E-state index in [4.69, 9.17) is 10.1 Å². The first kappa shape index (κ1) is 19.4. The van der Waals surface area contributed by atoms with Gasteiger partial charge in [-0.1, -0.05) is 12.1 Å². The average Bonchev–Trinajstić information content (AvgIpc) is 2.56. The van der Waals surface area contributed by atoms with Gasteiger partial charge in [0.15, 0.2) is 9.84 Å². The summed E-state index contributed by atoms with van der Waals surface area (Å²) in [6.45, 7) is 5.26. The van der Waals surface area contributed by atoms with Crippen molar-refractivity contribution < 1.29 is 17.9 Å². The lowest BCUT2D eigenvalue weighted by Crippen LogP contribution is -2.41. The monoisotopic (exact) mass is 366 g/mol. The molecule has 1 fully saturated rings. The highest BCUT2D eigenvalue weighted by Crippen LogP contribution is 2.21. The molecule has 138 valence electrons. The zero-order valence-electron chi connectivity index (χ0n) is 15.0. The second kappa shape index (κ2) is 7.99. The fourth-order valence-corrected chi connectivity index (χ4v) is 4.12. The van der Waals surface area contributed by atoms with Crippen LogP contribution in [0.5, 0.6) is 0 Å². The van der Waals surface area contributed by atoms with E-state index in [1.54, 1.807) is 26.0 Å². The number of piperidine rings is 1. The number of ether oxygens (including phenoxy) is 1. The van der Waals surface area contributed by atoms with Gasteiger partial charge in [0.25, 0.3) is 0 Å². The highest BCUT2D eigenvalue weighted by atomic mass is 32.2. The number of hydrogen-bond donors (Lipinski definition) is 1. The van der Waals surface area contributed by atoms with Gasteiger partial charge in [-0.05, 0) is 43.9 Å². The largest absolute Gasteiger partial charge is 0.466 e. The molecule has 6 nitrogen and oxygen atoms in total. The summed E-state index contributed by atoms with van der Waals surface area (Å²) in [6.07, 6.45) is 2.95. The van der Waals surface area contributed by atoms with Crippen LogP contribution in [-0.4, -0.2) is 51.1 Å². The number of rotatable bonds is 5. The Morgan fingerprint density at radius 3 is 2.52 bits per heavy atom. The highest BCUT2D eigenvalue weighted by molar-refractivity contribution is 7.90. The number of carbonyl (C=O) groups is 1. The Hall–Kier alpha value is -1.89. The van der Waals surface area contributed by atoms with Crippen LogP contribution in [0, 0.1) is 18.3 Å². The van der Waals surface area contributed by atoms with E-state index in [2.05, 4.69) is 0 Å². The zero-order valence-corrected chi connectivity index (χ0v) is 15.9. The van der Waals surface area contributed by atoms with Gasteiger partial charge in [-0.15, -0.1) is 0 Å². The molecule has 0 aliphatic carbocycles. The van der Waals surface area contributed by atoms with Crippen molar-refractivity contribution in [3.63, 3.8) is 0 Å². The first-order valence-corrected chi connectivity index (χ1v) is 10.4. The molecule has 1 aromatic carbocycles. The summed E-state index contributed by atoms with van der Waals surface area (Å²) < 4.78 is 28.7. The minimum absolute atomic E-state index is 0.0831. The van der Waals surface area contributed by atoms with Gasteiger partial charge in [-0.3, -0.25) is 10.2 Å². The topological polar surface area (TPSA) is 87.5 Å². The third kappa shape index (κ3) is 5.04. The normalized spacial score (nSPS) is 15.9. The zero-order chi connectivity index (χ0) is 18.6. The molecule has 25 heavy (non-hydrogen) atoms. The Labute approximate surface area is 149 Å². The predicted octanol–water partition coefficient (Wildman–Crippen LogP) is 2.19. The van der Waals surface area contributed by atoms with Crippen LogP contribution in [0.3, 0.4) is 0 Å². The molecule has 0 radical (unpaired) electrons. The third-order valence-electron chi connectivity index (χ3n) is 4.52. The number of aryl methyl sites for hydroxylation is 1. The summed E-state index contributed by atoms with van der Waals surface area (Å²) in [5, 5.41) is 8.32. The van der Waals surface area contributed by atoms with Gasteiger partial charge in [0.1, 0.15) is 5.84 Å². The fraction of sp³-hybridized carbons (Fsp3) is 0.556. The SMILES string of the molecule is CCOC(=O)C1CCN(C(=N)Cc2ccc(C)c(S(C)(=O)=O)c2)CC1. The maximum atomic E-state index is 11.8. The molecule has 0 spiro atoms. The van der Waals surface area contributed by atoms with Crippen molar-refractivity contribution >= 4 is 21.6 Å². The average molecular weight is 366 g/mol. The number of sulfone groups is 1. The molecule has 0 amide bonds. The molecule has 1 heterocycles. The van der Waals surface area contributed by atoms with Crippen LogP contribution in [0.4, 0.5) is 0 Å². The van der Waals surface area contributed by atoms with Crippen molar-refractivity contribution in [1.29, 1.82) is 5.41 Å². The Bertz CT molecular complexity index is 750. The molecule has 1 aliphatic rings. The summed E-state index contributed by atoms with van der Waals surface area (Å²) in [7, 11) is -3.27. The van der Waals surface area contributed by atoms with Crippen molar-refractivity contribution in [2.75, 3.05) is 26.0 Å². The number of benzene rings is 1. The van der Waals surface area contributed by atoms with Gasteiger partial charge in [-0.2, -0.15) is 0 Å². The number of likely N-dealkylation sites (tertiary alicyclic amines) is 1. The van der Waals surface area contributed by atoms with Crippen LogP contribution < -0.4 is 0 Å². The molecule has 0 bridgehead atoms. The number of carbonyl (C=O) groups excluding carboxylic acids is 1. The molecule has 0 unspecified atom stereocenters. The molecule has 1 N–H and O–H groups in total. The van der Waals surface area contributed by atoms with Crippen LogP contribution in [0.15, 0.2) is 23.1 Å². The Morgan fingerprint density at radius 2 is 1.96 bits per heavy atom. The molecule has 7 heteroatoms. The molecule has 1 aromatic rings. The van der Waals surface area contributed by atoms with E-state index in [-0.39, 0.29) is 11.9 Å². The Kier molecular flexibility index (Phi) is 6.21. The summed E-state index contributed by atoms with van der Waals surface area (Å²) in [5.74, 6) is 0.218. The van der Waals surface area contributed by atoms with Crippen LogP contribution in [-0.2, 0) is 25.8 Å². The lowest BCUT2D eigenvalue weighted by molar-refractivity contribution is -0.149. The van der Waals surface area contributed by atoms with Crippen molar-refractivity contribution in [2.45, 2.75) is 38.0 Å². The van der Waals surface area contributed by atoms with E-state index < -0.39 is 9.84 Å². The van der Waals surface area contributed by atoms with Crippen LogP contribution in [0.25, 0.3) is 0 Å². The first-order chi connectivity index (χ1) is 11.7. The Balaban J connectivity index is 1.99. The van der Waals surface area contributed by atoms with Crippen molar-refractivity contribution in [2.24, 2.45) is 5.92 Å². The lowest BCUT2D eigenvalue weighted by Gasteiger charge is -2.32.